The third kappa shape index (κ3) is 3.23. The van der Waals surface area contributed by atoms with Gasteiger partial charge >= 0.3 is 0 Å². The van der Waals surface area contributed by atoms with Crippen LogP contribution in [0, 0.1) is 0 Å². The molecule has 1 atom stereocenters. The summed E-state index contributed by atoms with van der Waals surface area (Å²) in [4.78, 5) is 2.50. The van der Waals surface area contributed by atoms with Gasteiger partial charge in [0.2, 0.25) is 0 Å². The van der Waals surface area contributed by atoms with E-state index in [9.17, 15) is 0 Å². The van der Waals surface area contributed by atoms with Crippen LogP contribution in [-0.4, -0.2) is 56.7 Å². The Morgan fingerprint density at radius 1 is 1.28 bits per heavy atom. The van der Waals surface area contributed by atoms with Crippen LogP contribution < -0.4 is 0 Å². The maximum Gasteiger partial charge on any atom is 0.168 e. The molecule has 0 bridgehead atoms. The lowest BCUT2D eigenvalue weighted by Gasteiger charge is -2.41. The van der Waals surface area contributed by atoms with Crippen LogP contribution in [0.5, 0.6) is 0 Å². The van der Waals surface area contributed by atoms with Crippen molar-refractivity contribution in [2.75, 3.05) is 34.0 Å². The van der Waals surface area contributed by atoms with Gasteiger partial charge in [0, 0.05) is 38.6 Å². The minimum absolute atomic E-state index is 0.229. The first-order chi connectivity index (χ1) is 8.67. The highest BCUT2D eigenvalue weighted by molar-refractivity contribution is 4.87. The molecule has 1 aliphatic carbocycles. The Bertz CT molecular complexity index is 243. The average Bonchev–Trinajstić information content (AvgIpc) is 2.84. The Balaban J connectivity index is 1.77. The molecule has 0 radical (unpaired) electrons. The van der Waals surface area contributed by atoms with E-state index >= 15 is 0 Å². The highest BCUT2D eigenvalue weighted by Crippen LogP contribution is 2.37. The molecular weight excluding hydrogens is 230 g/mol. The molecule has 1 heterocycles. The van der Waals surface area contributed by atoms with Crippen LogP contribution in [0.25, 0.3) is 0 Å². The van der Waals surface area contributed by atoms with Gasteiger partial charge in [0.25, 0.3) is 0 Å². The maximum atomic E-state index is 5.77. The summed E-state index contributed by atoms with van der Waals surface area (Å²) in [5.74, 6) is -0.229. The van der Waals surface area contributed by atoms with E-state index in [1.54, 1.807) is 7.11 Å². The monoisotopic (exact) mass is 257 g/mol. The summed E-state index contributed by atoms with van der Waals surface area (Å²) in [6.07, 6.45) is 5.53. The number of ether oxygens (including phenoxy) is 3. The molecule has 1 saturated carbocycles. The maximum absolute atomic E-state index is 5.77. The number of hydrogen-bond donors (Lipinski definition) is 0. The fourth-order valence-electron chi connectivity index (χ4n) is 3.09. The van der Waals surface area contributed by atoms with Crippen LogP contribution in [0.15, 0.2) is 0 Å². The zero-order valence-corrected chi connectivity index (χ0v) is 12.0. The summed E-state index contributed by atoms with van der Waals surface area (Å²) in [5, 5.41) is 0. The minimum Gasteiger partial charge on any atom is -0.385 e. The van der Waals surface area contributed by atoms with Gasteiger partial charge in [-0.05, 0) is 33.2 Å². The van der Waals surface area contributed by atoms with Crippen molar-refractivity contribution in [1.82, 2.24) is 4.90 Å². The number of rotatable bonds is 5. The van der Waals surface area contributed by atoms with E-state index in [-0.39, 0.29) is 5.79 Å². The van der Waals surface area contributed by atoms with Crippen LogP contribution in [0.1, 0.15) is 39.0 Å². The molecule has 0 amide bonds. The van der Waals surface area contributed by atoms with Gasteiger partial charge in [0.15, 0.2) is 5.79 Å². The van der Waals surface area contributed by atoms with E-state index in [1.807, 2.05) is 0 Å². The highest BCUT2D eigenvalue weighted by atomic mass is 16.7. The van der Waals surface area contributed by atoms with Gasteiger partial charge in [-0.2, -0.15) is 0 Å². The number of hydrogen-bond acceptors (Lipinski definition) is 4. The predicted octanol–water partition coefficient (Wildman–Crippen LogP) is 2.03. The van der Waals surface area contributed by atoms with Crippen molar-refractivity contribution < 1.29 is 14.2 Å². The van der Waals surface area contributed by atoms with E-state index < -0.39 is 0 Å². The Kier molecular flexibility index (Phi) is 5.01. The molecule has 1 unspecified atom stereocenters. The smallest absolute Gasteiger partial charge is 0.168 e. The minimum atomic E-state index is -0.229. The second-order valence-corrected chi connectivity index (χ2v) is 5.63. The molecule has 4 nitrogen and oxygen atoms in total. The first-order valence-corrected chi connectivity index (χ1v) is 7.16. The van der Waals surface area contributed by atoms with E-state index in [4.69, 9.17) is 14.2 Å². The van der Waals surface area contributed by atoms with Crippen molar-refractivity contribution in [3.63, 3.8) is 0 Å². The van der Waals surface area contributed by atoms with Crippen molar-refractivity contribution >= 4 is 0 Å². The van der Waals surface area contributed by atoms with E-state index in [0.717, 1.165) is 39.1 Å². The second-order valence-electron chi connectivity index (χ2n) is 5.63. The van der Waals surface area contributed by atoms with Gasteiger partial charge in [0.05, 0.1) is 13.2 Å². The van der Waals surface area contributed by atoms with Crippen molar-refractivity contribution in [1.29, 1.82) is 0 Å². The SMILES string of the molecule is COCCC(C)N(C)C1CCC2(CC1)OCCO2. The molecule has 0 N–H and O–H groups in total. The predicted molar refractivity (Wildman–Crippen MR) is 70.6 cm³/mol. The van der Waals surface area contributed by atoms with Gasteiger partial charge in [-0.1, -0.05) is 0 Å². The van der Waals surface area contributed by atoms with Gasteiger partial charge < -0.3 is 19.1 Å². The summed E-state index contributed by atoms with van der Waals surface area (Å²) in [6, 6.07) is 1.24. The normalized spacial score (nSPS) is 26.0. The van der Waals surface area contributed by atoms with Gasteiger partial charge in [-0.3, -0.25) is 0 Å². The van der Waals surface area contributed by atoms with E-state index in [2.05, 4.69) is 18.9 Å². The third-order valence-electron chi connectivity index (χ3n) is 4.54. The fraction of sp³-hybridized carbons (Fsp3) is 1.00. The van der Waals surface area contributed by atoms with Crippen molar-refractivity contribution in [2.45, 2.75) is 56.9 Å². The first kappa shape index (κ1) is 14.3. The Hall–Kier alpha value is -0.160. The zero-order chi connectivity index (χ0) is 13.0. The molecule has 0 aromatic rings. The Morgan fingerprint density at radius 2 is 1.89 bits per heavy atom. The average molecular weight is 257 g/mol. The molecule has 2 fully saturated rings. The van der Waals surface area contributed by atoms with Crippen molar-refractivity contribution in [3.8, 4) is 0 Å². The van der Waals surface area contributed by atoms with E-state index in [0.29, 0.717) is 12.1 Å². The largest absolute Gasteiger partial charge is 0.385 e. The summed E-state index contributed by atoms with van der Waals surface area (Å²) in [6.45, 7) is 4.66. The molecule has 0 aromatic carbocycles. The topological polar surface area (TPSA) is 30.9 Å². The van der Waals surface area contributed by atoms with Gasteiger partial charge in [-0.15, -0.1) is 0 Å². The first-order valence-electron chi connectivity index (χ1n) is 7.16. The molecule has 2 rings (SSSR count). The van der Waals surface area contributed by atoms with Gasteiger partial charge in [-0.25, -0.2) is 0 Å². The van der Waals surface area contributed by atoms with Crippen LogP contribution >= 0.6 is 0 Å². The lowest BCUT2D eigenvalue weighted by molar-refractivity contribution is -0.184. The van der Waals surface area contributed by atoms with Crippen molar-refractivity contribution in [2.24, 2.45) is 0 Å². The zero-order valence-electron chi connectivity index (χ0n) is 12.0. The molecule has 2 aliphatic rings. The lowest BCUT2D eigenvalue weighted by Crippen LogP contribution is -2.45. The van der Waals surface area contributed by atoms with Crippen LogP contribution in [0.2, 0.25) is 0 Å². The fourth-order valence-corrected chi connectivity index (χ4v) is 3.09. The Morgan fingerprint density at radius 3 is 2.44 bits per heavy atom. The molecule has 106 valence electrons. The quantitative estimate of drug-likeness (QED) is 0.754. The molecular formula is C14H27NO3. The van der Waals surface area contributed by atoms with Crippen LogP contribution in [0.3, 0.4) is 0 Å². The number of methoxy groups -OCH3 is 1. The molecule has 18 heavy (non-hydrogen) atoms. The summed E-state index contributed by atoms with van der Waals surface area (Å²) >= 11 is 0. The molecule has 1 aliphatic heterocycles. The van der Waals surface area contributed by atoms with Crippen LogP contribution in [0.4, 0.5) is 0 Å². The summed E-state index contributed by atoms with van der Waals surface area (Å²) in [5.41, 5.74) is 0. The van der Waals surface area contributed by atoms with Crippen molar-refractivity contribution in [3.05, 3.63) is 0 Å². The standard InChI is InChI=1S/C14H27NO3/c1-12(6-9-16-3)15(2)13-4-7-14(8-5-13)17-10-11-18-14/h12-13H,4-11H2,1-3H3. The number of nitrogens with zero attached hydrogens (tertiary/aromatic N) is 1. The lowest BCUT2D eigenvalue weighted by atomic mass is 9.88. The van der Waals surface area contributed by atoms with Gasteiger partial charge in [0.1, 0.15) is 0 Å². The summed E-state index contributed by atoms with van der Waals surface area (Å²) < 4.78 is 16.7. The Labute approximate surface area is 111 Å². The van der Waals surface area contributed by atoms with Crippen LogP contribution in [-0.2, 0) is 14.2 Å². The molecule has 4 heteroatoms. The second kappa shape index (κ2) is 6.33. The third-order valence-corrected chi connectivity index (χ3v) is 4.54. The molecule has 0 aromatic heterocycles. The highest BCUT2D eigenvalue weighted by Gasteiger charge is 2.41. The summed E-state index contributed by atoms with van der Waals surface area (Å²) in [7, 11) is 4.01. The van der Waals surface area contributed by atoms with E-state index in [1.165, 1.54) is 12.8 Å². The molecule has 1 spiro atoms. The molecule has 1 saturated heterocycles.